The molecule has 31 heavy (non-hydrogen) atoms. The molecule has 10 heteroatoms. The number of likely N-dealkylation sites (tertiary alicyclic amines) is 2. The number of hydrogen-bond donors (Lipinski definition) is 2. The van der Waals surface area contributed by atoms with Crippen molar-refractivity contribution in [3.05, 3.63) is 28.8 Å². The molecule has 2 aliphatic heterocycles. The number of carbonyl (C=O) groups is 2. The lowest BCUT2D eigenvalue weighted by molar-refractivity contribution is -0.127. The Hall–Kier alpha value is -1.68. The zero-order valence-electron chi connectivity index (χ0n) is 17.9. The van der Waals surface area contributed by atoms with Crippen molar-refractivity contribution in [1.82, 2.24) is 19.8 Å². The van der Waals surface area contributed by atoms with Crippen molar-refractivity contribution in [1.29, 1.82) is 0 Å². The van der Waals surface area contributed by atoms with Gasteiger partial charge in [0.15, 0.2) is 0 Å². The van der Waals surface area contributed by atoms with Gasteiger partial charge in [0.05, 0.1) is 15.5 Å². The number of benzene rings is 1. The summed E-state index contributed by atoms with van der Waals surface area (Å²) in [6.07, 6.45) is 4.10. The average Bonchev–Trinajstić information content (AvgIpc) is 3.37. The van der Waals surface area contributed by atoms with Gasteiger partial charge in [-0.2, -0.15) is 0 Å². The van der Waals surface area contributed by atoms with Crippen LogP contribution in [-0.2, 0) is 14.8 Å². The van der Waals surface area contributed by atoms with Crippen LogP contribution in [0.4, 0.5) is 0 Å². The van der Waals surface area contributed by atoms with Crippen LogP contribution in [0.25, 0.3) is 0 Å². The second kappa shape index (κ2) is 10.8. The number of carbonyl (C=O) groups excluding carboxylic acids is 2. The Bertz CT molecular complexity index is 909. The topological polar surface area (TPSA) is 98.8 Å². The molecule has 8 nitrogen and oxygen atoms in total. The summed E-state index contributed by atoms with van der Waals surface area (Å²) in [7, 11) is -3.79. The van der Waals surface area contributed by atoms with Gasteiger partial charge >= 0.3 is 0 Å². The maximum absolute atomic E-state index is 12.7. The summed E-state index contributed by atoms with van der Waals surface area (Å²) in [6.45, 7) is 6.05. The maximum atomic E-state index is 12.7. The fourth-order valence-corrected chi connectivity index (χ4v) is 5.50. The lowest BCUT2D eigenvalue weighted by Crippen LogP contribution is -2.40. The van der Waals surface area contributed by atoms with Crippen molar-refractivity contribution in [2.75, 3.05) is 39.3 Å². The maximum Gasteiger partial charge on any atom is 0.252 e. The normalized spacial score (nSPS) is 19.9. The van der Waals surface area contributed by atoms with Gasteiger partial charge in [0, 0.05) is 38.6 Å². The van der Waals surface area contributed by atoms with Crippen LogP contribution in [0.3, 0.4) is 0 Å². The molecule has 1 aromatic carbocycles. The molecule has 3 rings (SSSR count). The Kier molecular flexibility index (Phi) is 8.32. The predicted molar refractivity (Wildman–Crippen MR) is 120 cm³/mol. The minimum absolute atomic E-state index is 0.00431. The first-order valence-corrected chi connectivity index (χ1v) is 12.8. The van der Waals surface area contributed by atoms with Gasteiger partial charge in [0.25, 0.3) is 5.91 Å². The highest BCUT2D eigenvalue weighted by Crippen LogP contribution is 2.21. The molecule has 0 aliphatic carbocycles. The van der Waals surface area contributed by atoms with Crippen LogP contribution in [0, 0.1) is 0 Å². The van der Waals surface area contributed by atoms with E-state index >= 15 is 0 Å². The van der Waals surface area contributed by atoms with Gasteiger partial charge in [-0.1, -0.05) is 18.5 Å². The number of nitrogens with one attached hydrogen (secondary N) is 2. The summed E-state index contributed by atoms with van der Waals surface area (Å²) < 4.78 is 27.9. The standard InChI is InChI=1S/C21H31ClN4O4S/c1-2-25-11-3-6-16(25)15-23-21(28)18-14-17(8-9-19(18)22)31(29,30)24-10-5-13-26-12-4-7-20(26)27/h8-9,14,16,24H,2-7,10-13,15H2,1H3,(H,23,28)/t16-/m0/s1. The summed E-state index contributed by atoms with van der Waals surface area (Å²) in [5.74, 6) is -0.256. The molecule has 2 aliphatic rings. The zero-order valence-corrected chi connectivity index (χ0v) is 19.5. The van der Waals surface area contributed by atoms with E-state index in [-0.39, 0.29) is 33.8 Å². The van der Waals surface area contributed by atoms with E-state index < -0.39 is 10.0 Å². The van der Waals surface area contributed by atoms with Crippen molar-refractivity contribution in [3.63, 3.8) is 0 Å². The van der Waals surface area contributed by atoms with Gasteiger partial charge < -0.3 is 10.2 Å². The molecule has 172 valence electrons. The second-order valence-corrected chi connectivity index (χ2v) is 10.2. The van der Waals surface area contributed by atoms with E-state index in [4.69, 9.17) is 11.6 Å². The minimum Gasteiger partial charge on any atom is -0.350 e. The quantitative estimate of drug-likeness (QED) is 0.508. The predicted octanol–water partition coefficient (Wildman–Crippen LogP) is 1.84. The van der Waals surface area contributed by atoms with Crippen LogP contribution in [0.5, 0.6) is 0 Å². The van der Waals surface area contributed by atoms with Crippen molar-refractivity contribution in [2.45, 2.75) is 50.0 Å². The number of rotatable bonds is 10. The zero-order chi connectivity index (χ0) is 22.4. The van der Waals surface area contributed by atoms with Crippen molar-refractivity contribution < 1.29 is 18.0 Å². The summed E-state index contributed by atoms with van der Waals surface area (Å²) in [6, 6.07) is 4.43. The SMILES string of the molecule is CCN1CCC[C@H]1CNC(=O)c1cc(S(=O)(=O)NCCCN2CCCC2=O)ccc1Cl. The number of halogens is 1. The molecule has 2 N–H and O–H groups in total. The van der Waals surface area contributed by atoms with Crippen LogP contribution < -0.4 is 10.0 Å². The van der Waals surface area contributed by atoms with Crippen molar-refractivity contribution >= 4 is 33.4 Å². The van der Waals surface area contributed by atoms with E-state index in [1.807, 2.05) is 0 Å². The Morgan fingerprint density at radius 1 is 1.26 bits per heavy atom. The Morgan fingerprint density at radius 3 is 2.77 bits per heavy atom. The first-order chi connectivity index (χ1) is 14.8. The minimum atomic E-state index is -3.79. The number of nitrogens with zero attached hydrogens (tertiary/aromatic N) is 2. The van der Waals surface area contributed by atoms with E-state index in [0.717, 1.165) is 38.9 Å². The van der Waals surface area contributed by atoms with Crippen LogP contribution in [0.2, 0.25) is 5.02 Å². The molecule has 0 spiro atoms. The number of amides is 2. The summed E-state index contributed by atoms with van der Waals surface area (Å²) >= 11 is 6.18. The van der Waals surface area contributed by atoms with Gasteiger partial charge in [0.2, 0.25) is 15.9 Å². The molecule has 0 saturated carbocycles. The van der Waals surface area contributed by atoms with Crippen molar-refractivity contribution in [2.24, 2.45) is 0 Å². The number of likely N-dealkylation sites (N-methyl/N-ethyl adjacent to an activating group) is 1. The van der Waals surface area contributed by atoms with E-state index in [1.165, 1.54) is 18.2 Å². The Morgan fingerprint density at radius 2 is 2.06 bits per heavy atom. The first-order valence-electron chi connectivity index (χ1n) is 10.9. The van der Waals surface area contributed by atoms with Crippen LogP contribution in [-0.4, -0.2) is 75.3 Å². The van der Waals surface area contributed by atoms with Crippen molar-refractivity contribution in [3.8, 4) is 0 Å². The molecule has 1 aromatic rings. The van der Waals surface area contributed by atoms with E-state index in [9.17, 15) is 18.0 Å². The highest BCUT2D eigenvalue weighted by atomic mass is 35.5. The largest absolute Gasteiger partial charge is 0.350 e. The highest BCUT2D eigenvalue weighted by molar-refractivity contribution is 7.89. The molecule has 0 radical (unpaired) electrons. The van der Waals surface area contributed by atoms with Crippen LogP contribution in [0.1, 0.15) is 49.4 Å². The fraction of sp³-hybridized carbons (Fsp3) is 0.619. The second-order valence-electron chi connectivity index (χ2n) is 8.01. The Labute approximate surface area is 189 Å². The van der Waals surface area contributed by atoms with E-state index in [2.05, 4.69) is 21.9 Å². The smallest absolute Gasteiger partial charge is 0.252 e. The summed E-state index contributed by atoms with van der Waals surface area (Å²) in [5, 5.41) is 3.11. The lowest BCUT2D eigenvalue weighted by atomic mass is 10.2. The molecule has 2 fully saturated rings. The third-order valence-electron chi connectivity index (χ3n) is 5.96. The van der Waals surface area contributed by atoms with Crippen LogP contribution >= 0.6 is 11.6 Å². The molecular weight excluding hydrogens is 440 g/mol. The fourth-order valence-electron chi connectivity index (χ4n) is 4.19. The van der Waals surface area contributed by atoms with E-state index in [0.29, 0.717) is 32.0 Å². The molecule has 2 heterocycles. The van der Waals surface area contributed by atoms with Gasteiger partial charge in [-0.15, -0.1) is 0 Å². The van der Waals surface area contributed by atoms with Gasteiger partial charge in [0.1, 0.15) is 0 Å². The number of hydrogen-bond acceptors (Lipinski definition) is 5. The molecule has 2 amide bonds. The summed E-state index contributed by atoms with van der Waals surface area (Å²) in [4.78, 5) is 28.4. The number of sulfonamides is 1. The Balaban J connectivity index is 1.56. The molecular formula is C21H31ClN4O4S. The molecule has 0 aromatic heterocycles. The van der Waals surface area contributed by atoms with Crippen LogP contribution in [0.15, 0.2) is 23.1 Å². The van der Waals surface area contributed by atoms with Gasteiger partial charge in [-0.05, 0) is 57.0 Å². The first kappa shape index (κ1) is 24.0. The molecule has 1 atom stereocenters. The van der Waals surface area contributed by atoms with Gasteiger partial charge in [-0.25, -0.2) is 13.1 Å². The third kappa shape index (κ3) is 6.19. The molecule has 2 saturated heterocycles. The van der Waals surface area contributed by atoms with Gasteiger partial charge in [-0.3, -0.25) is 14.5 Å². The lowest BCUT2D eigenvalue weighted by Gasteiger charge is -2.23. The third-order valence-corrected chi connectivity index (χ3v) is 7.75. The highest BCUT2D eigenvalue weighted by Gasteiger charge is 2.25. The summed E-state index contributed by atoms with van der Waals surface area (Å²) in [5.41, 5.74) is 0.147. The molecule has 0 unspecified atom stereocenters. The van der Waals surface area contributed by atoms with E-state index in [1.54, 1.807) is 4.90 Å². The average molecular weight is 471 g/mol. The molecule has 0 bridgehead atoms. The monoisotopic (exact) mass is 470 g/mol.